The number of hydrogen-bond donors (Lipinski definition) is 2. The van der Waals surface area contributed by atoms with E-state index in [0.29, 0.717) is 25.6 Å². The summed E-state index contributed by atoms with van der Waals surface area (Å²) in [7, 11) is 0. The van der Waals surface area contributed by atoms with Crippen LogP contribution < -0.4 is 5.32 Å². The third-order valence-corrected chi connectivity index (χ3v) is 3.97. The monoisotopic (exact) mass is 300 g/mol. The Bertz CT molecular complexity index is 354. The summed E-state index contributed by atoms with van der Waals surface area (Å²) >= 11 is 0. The van der Waals surface area contributed by atoms with Crippen molar-refractivity contribution >= 4 is 12.0 Å². The molecule has 1 aliphatic heterocycles. The Hall–Kier alpha value is -1.30. The lowest BCUT2D eigenvalue weighted by Crippen LogP contribution is -2.65. The van der Waals surface area contributed by atoms with E-state index in [2.05, 4.69) is 19.2 Å². The van der Waals surface area contributed by atoms with Gasteiger partial charge in [0.25, 0.3) is 0 Å². The second-order valence-corrected chi connectivity index (χ2v) is 6.09. The molecule has 1 heterocycles. The molecule has 1 rings (SSSR count). The van der Waals surface area contributed by atoms with Gasteiger partial charge in [0.2, 0.25) is 0 Å². The van der Waals surface area contributed by atoms with E-state index in [1.54, 1.807) is 4.90 Å². The normalized spacial score (nSPS) is 18.0. The number of carbonyl (C=O) groups is 2. The number of likely N-dealkylation sites (tertiary alicyclic amines) is 1. The molecule has 6 nitrogen and oxygen atoms in total. The highest BCUT2D eigenvalue weighted by Crippen LogP contribution is 2.24. The number of hydrogen-bond acceptors (Lipinski definition) is 3. The first-order valence-electron chi connectivity index (χ1n) is 7.78. The Kier molecular flexibility index (Phi) is 6.95. The van der Waals surface area contributed by atoms with E-state index in [1.165, 1.54) is 12.8 Å². The van der Waals surface area contributed by atoms with Crippen LogP contribution >= 0.6 is 0 Å². The minimum atomic E-state index is -0.985. The molecule has 0 spiro atoms. The molecule has 1 fully saturated rings. The van der Waals surface area contributed by atoms with Crippen molar-refractivity contribution in [3.8, 4) is 0 Å². The molecule has 21 heavy (non-hydrogen) atoms. The summed E-state index contributed by atoms with van der Waals surface area (Å²) in [5.74, 6) is -0.453. The second-order valence-electron chi connectivity index (χ2n) is 6.09. The molecule has 6 heteroatoms. The molecule has 1 aliphatic rings. The number of carboxylic acids is 1. The fraction of sp³-hybridized carbons (Fsp3) is 0.867. The zero-order valence-electron chi connectivity index (χ0n) is 13.4. The molecule has 0 aromatic rings. The van der Waals surface area contributed by atoms with Gasteiger partial charge in [0.15, 0.2) is 0 Å². The number of nitrogens with zero attached hydrogens (tertiary/aromatic N) is 1. The summed E-state index contributed by atoms with van der Waals surface area (Å²) < 4.78 is 5.29. The molecular formula is C15H28N2O4. The molecule has 0 bridgehead atoms. The van der Waals surface area contributed by atoms with E-state index in [9.17, 15) is 9.59 Å². The largest absolute Gasteiger partial charge is 0.480 e. The van der Waals surface area contributed by atoms with Crippen LogP contribution in [0, 0.1) is 5.92 Å². The third kappa shape index (κ3) is 5.91. The fourth-order valence-corrected chi connectivity index (χ4v) is 2.52. The van der Waals surface area contributed by atoms with E-state index in [4.69, 9.17) is 9.84 Å². The van der Waals surface area contributed by atoms with Crippen molar-refractivity contribution < 1.29 is 19.4 Å². The average Bonchev–Trinajstić information content (AvgIpc) is 2.42. The van der Waals surface area contributed by atoms with Crippen LogP contribution in [0.3, 0.4) is 0 Å². The van der Waals surface area contributed by atoms with Crippen molar-refractivity contribution in [3.05, 3.63) is 0 Å². The summed E-state index contributed by atoms with van der Waals surface area (Å²) in [6.07, 6.45) is 4.58. The van der Waals surface area contributed by atoms with E-state index in [0.717, 1.165) is 12.8 Å². The molecule has 1 unspecified atom stereocenters. The Balaban J connectivity index is 2.24. The number of urea groups is 1. The van der Waals surface area contributed by atoms with Gasteiger partial charge < -0.3 is 20.1 Å². The predicted octanol–water partition coefficient (Wildman–Crippen LogP) is 2.09. The van der Waals surface area contributed by atoms with Gasteiger partial charge in [-0.2, -0.15) is 0 Å². The molecule has 2 N–H and O–H groups in total. The molecule has 1 atom stereocenters. The van der Waals surface area contributed by atoms with Crippen molar-refractivity contribution in [1.82, 2.24) is 10.2 Å². The summed E-state index contributed by atoms with van der Waals surface area (Å²) in [5.41, 5.74) is -0.526. The van der Waals surface area contributed by atoms with Gasteiger partial charge in [0, 0.05) is 6.54 Å². The zero-order valence-corrected chi connectivity index (χ0v) is 13.4. The minimum absolute atomic E-state index is 0.0821. The maximum atomic E-state index is 12.0. The van der Waals surface area contributed by atoms with Gasteiger partial charge in [-0.15, -0.1) is 0 Å². The summed E-state index contributed by atoms with van der Waals surface area (Å²) in [6.45, 7) is 7.42. The topological polar surface area (TPSA) is 78.9 Å². The first kappa shape index (κ1) is 17.8. The van der Waals surface area contributed by atoms with Gasteiger partial charge in [0.05, 0.1) is 13.1 Å². The smallest absolute Gasteiger partial charge is 0.329 e. The Morgan fingerprint density at radius 2 is 2.05 bits per heavy atom. The third-order valence-electron chi connectivity index (χ3n) is 3.97. The van der Waals surface area contributed by atoms with Gasteiger partial charge in [-0.05, 0) is 19.3 Å². The number of rotatable bonds is 9. The van der Waals surface area contributed by atoms with Crippen LogP contribution in [0.15, 0.2) is 0 Å². The minimum Gasteiger partial charge on any atom is -0.480 e. The van der Waals surface area contributed by atoms with E-state index >= 15 is 0 Å². The first-order valence-corrected chi connectivity index (χ1v) is 7.78. The maximum absolute atomic E-state index is 12.0. The molecule has 0 saturated carbocycles. The van der Waals surface area contributed by atoms with Crippen LogP contribution in [0.4, 0.5) is 4.79 Å². The van der Waals surface area contributed by atoms with Crippen molar-refractivity contribution in [3.63, 3.8) is 0 Å². The van der Waals surface area contributed by atoms with Gasteiger partial charge in [-0.1, -0.05) is 33.1 Å². The van der Waals surface area contributed by atoms with Crippen LogP contribution in [0.1, 0.15) is 46.5 Å². The first-order chi connectivity index (χ1) is 9.90. The maximum Gasteiger partial charge on any atom is 0.329 e. The highest BCUT2D eigenvalue weighted by atomic mass is 16.5. The molecule has 0 radical (unpaired) electrons. The number of nitrogens with one attached hydrogen (secondary N) is 1. The van der Waals surface area contributed by atoms with Crippen LogP contribution in [-0.2, 0) is 9.53 Å². The van der Waals surface area contributed by atoms with Gasteiger partial charge >= 0.3 is 12.0 Å². The van der Waals surface area contributed by atoms with Crippen LogP contribution in [0.5, 0.6) is 0 Å². The van der Waals surface area contributed by atoms with Gasteiger partial charge in [0.1, 0.15) is 12.2 Å². The molecular weight excluding hydrogens is 272 g/mol. The molecule has 0 aliphatic carbocycles. The highest BCUT2D eigenvalue weighted by molar-refractivity contribution is 5.75. The number of amides is 2. The number of aliphatic carboxylic acids is 1. The molecule has 1 saturated heterocycles. The Morgan fingerprint density at radius 3 is 2.57 bits per heavy atom. The number of carbonyl (C=O) groups excluding carboxylic acids is 1. The summed E-state index contributed by atoms with van der Waals surface area (Å²) in [4.78, 5) is 24.1. The lowest BCUT2D eigenvalue weighted by Gasteiger charge is -2.47. The predicted molar refractivity (Wildman–Crippen MR) is 80.3 cm³/mol. The van der Waals surface area contributed by atoms with Crippen molar-refractivity contribution in [2.75, 3.05) is 26.2 Å². The van der Waals surface area contributed by atoms with Crippen molar-refractivity contribution in [2.24, 2.45) is 5.92 Å². The van der Waals surface area contributed by atoms with Gasteiger partial charge in [-0.25, -0.2) is 9.59 Å². The number of unbranched alkanes of at least 4 members (excludes halogenated alkanes) is 1. The van der Waals surface area contributed by atoms with E-state index < -0.39 is 11.6 Å². The van der Waals surface area contributed by atoms with Crippen LogP contribution in [0.2, 0.25) is 0 Å². The van der Waals surface area contributed by atoms with Crippen LogP contribution in [-0.4, -0.2) is 53.8 Å². The fourth-order valence-electron chi connectivity index (χ4n) is 2.52. The molecule has 0 aromatic heterocycles. The average molecular weight is 300 g/mol. The Labute approximate surface area is 126 Å². The lowest BCUT2D eigenvalue weighted by atomic mass is 9.96. The molecule has 0 aromatic carbocycles. The van der Waals surface area contributed by atoms with Crippen molar-refractivity contribution in [2.45, 2.75) is 52.1 Å². The highest BCUT2D eigenvalue weighted by Gasteiger charge is 2.42. The van der Waals surface area contributed by atoms with Crippen molar-refractivity contribution in [1.29, 1.82) is 0 Å². The summed E-state index contributed by atoms with van der Waals surface area (Å²) in [5, 5.41) is 11.6. The van der Waals surface area contributed by atoms with E-state index in [-0.39, 0.29) is 12.6 Å². The van der Waals surface area contributed by atoms with Gasteiger partial charge in [-0.3, -0.25) is 0 Å². The standard InChI is InChI=1S/C15H28N2O4/c1-4-6-7-12(5-2)8-16-14(20)17-10-15(3,11-17)21-9-13(18)19/h12H,4-11H2,1-3H3,(H,16,20)(H,18,19). The SMILES string of the molecule is CCCCC(CC)CNC(=O)N1CC(C)(OCC(=O)O)C1. The van der Waals surface area contributed by atoms with Crippen LogP contribution in [0.25, 0.3) is 0 Å². The van der Waals surface area contributed by atoms with E-state index in [1.807, 2.05) is 6.92 Å². The number of ether oxygens (including phenoxy) is 1. The quantitative estimate of drug-likeness (QED) is 0.683. The zero-order chi connectivity index (χ0) is 15.9. The Morgan fingerprint density at radius 1 is 1.38 bits per heavy atom. The number of carboxylic acid groups (broad SMARTS) is 1. The molecule has 122 valence electrons. The second kappa shape index (κ2) is 8.22. The molecule has 2 amide bonds. The lowest BCUT2D eigenvalue weighted by molar-refractivity contribution is -0.159. The summed E-state index contributed by atoms with van der Waals surface area (Å²) in [6, 6.07) is -0.0821.